The number of esters is 1. The Labute approximate surface area is 183 Å². The van der Waals surface area contributed by atoms with E-state index in [2.05, 4.69) is 53.7 Å². The second kappa shape index (κ2) is 11.9. The van der Waals surface area contributed by atoms with Crippen LogP contribution in [-0.4, -0.2) is 23.4 Å². The van der Waals surface area contributed by atoms with Crippen molar-refractivity contribution in [1.82, 2.24) is 0 Å². The first kappa shape index (κ1) is 25.9. The van der Waals surface area contributed by atoms with E-state index in [1.807, 2.05) is 11.8 Å². The molecule has 0 aliphatic heterocycles. The van der Waals surface area contributed by atoms with Crippen molar-refractivity contribution >= 4 is 17.7 Å². The molecule has 1 aromatic rings. The minimum Gasteiger partial charge on any atom is -0.507 e. The number of carbonyl (C=O) groups excluding carboxylic acids is 1. The number of ether oxygens (including phenoxy) is 1. The lowest BCUT2D eigenvalue weighted by Crippen LogP contribution is -2.17. The van der Waals surface area contributed by atoms with Crippen LogP contribution in [0.25, 0.3) is 0 Å². The number of unbranched alkanes of at least 4 members (excludes halogenated alkanes) is 5. The van der Waals surface area contributed by atoms with Crippen molar-refractivity contribution in [3.05, 3.63) is 28.8 Å². The van der Waals surface area contributed by atoms with E-state index in [1.165, 1.54) is 43.9 Å². The molecular weight excluding hydrogens is 380 g/mol. The van der Waals surface area contributed by atoms with Crippen LogP contribution in [0.3, 0.4) is 0 Å². The molecule has 0 saturated heterocycles. The molecule has 0 heterocycles. The Balaban J connectivity index is 2.42. The van der Waals surface area contributed by atoms with Gasteiger partial charge in [0.1, 0.15) is 5.75 Å². The maximum absolute atomic E-state index is 10.8. The first-order valence-corrected chi connectivity index (χ1v) is 12.2. The van der Waals surface area contributed by atoms with Crippen LogP contribution in [0.1, 0.15) is 104 Å². The Hall–Kier alpha value is -1.16. The second-order valence-corrected chi connectivity index (χ2v) is 11.2. The summed E-state index contributed by atoms with van der Waals surface area (Å²) in [6, 6.07) is 4.39. The summed E-state index contributed by atoms with van der Waals surface area (Å²) in [4.78, 5) is 10.7. The molecule has 0 amide bonds. The number of thioether (sulfide) groups is 1. The molecule has 1 aromatic carbocycles. The summed E-state index contributed by atoms with van der Waals surface area (Å²) in [6.07, 6.45) is 7.08. The van der Waals surface area contributed by atoms with Gasteiger partial charge in [-0.05, 0) is 46.1 Å². The number of hydrogen-bond acceptors (Lipinski definition) is 4. The van der Waals surface area contributed by atoms with E-state index in [4.69, 9.17) is 4.74 Å². The fourth-order valence-corrected chi connectivity index (χ4v) is 4.30. The van der Waals surface area contributed by atoms with Gasteiger partial charge in [0.25, 0.3) is 0 Å². The average molecular weight is 423 g/mol. The molecule has 166 valence electrons. The number of aromatic hydroxyl groups is 1. The van der Waals surface area contributed by atoms with E-state index in [-0.39, 0.29) is 16.8 Å². The van der Waals surface area contributed by atoms with Crippen LogP contribution in [-0.2, 0) is 26.1 Å². The molecule has 0 spiro atoms. The minimum atomic E-state index is -0.181. The zero-order valence-corrected chi connectivity index (χ0v) is 20.5. The summed E-state index contributed by atoms with van der Waals surface area (Å²) in [5.41, 5.74) is 3.28. The van der Waals surface area contributed by atoms with Gasteiger partial charge in [-0.3, -0.25) is 4.79 Å². The summed E-state index contributed by atoms with van der Waals surface area (Å²) < 4.78 is 4.95. The maximum atomic E-state index is 10.8. The predicted octanol–water partition coefficient (Wildman–Crippen LogP) is 7.12. The first-order valence-electron chi connectivity index (χ1n) is 11.0. The lowest BCUT2D eigenvalue weighted by molar-refractivity contribution is -0.141. The summed E-state index contributed by atoms with van der Waals surface area (Å²) in [5, 5.41) is 10.8. The molecule has 0 unspecified atom stereocenters. The van der Waals surface area contributed by atoms with Crippen molar-refractivity contribution in [2.24, 2.45) is 0 Å². The molecule has 0 bridgehead atoms. The fourth-order valence-electron chi connectivity index (χ4n) is 3.34. The molecule has 0 fully saturated rings. The van der Waals surface area contributed by atoms with Gasteiger partial charge in [-0.25, -0.2) is 0 Å². The van der Waals surface area contributed by atoms with E-state index in [0.717, 1.165) is 29.7 Å². The number of phenols is 1. The Bertz CT molecular complexity index is 603. The Morgan fingerprint density at radius 2 is 1.38 bits per heavy atom. The van der Waals surface area contributed by atoms with Gasteiger partial charge >= 0.3 is 5.97 Å². The number of phenolic OH excluding ortho intramolecular Hbond substituents is 1. The summed E-state index contributed by atoms with van der Waals surface area (Å²) in [5.74, 6) is 2.45. The molecule has 0 saturated carbocycles. The van der Waals surface area contributed by atoms with Crippen molar-refractivity contribution in [2.75, 3.05) is 12.4 Å². The highest BCUT2D eigenvalue weighted by Gasteiger charge is 2.26. The summed E-state index contributed by atoms with van der Waals surface area (Å²) in [6.45, 7) is 15.0. The van der Waals surface area contributed by atoms with Gasteiger partial charge in [0, 0.05) is 12.7 Å². The normalized spacial score (nSPS) is 12.2. The third kappa shape index (κ3) is 9.93. The smallest absolute Gasteiger partial charge is 0.302 e. The van der Waals surface area contributed by atoms with E-state index >= 15 is 0 Å². The van der Waals surface area contributed by atoms with Crippen LogP contribution < -0.4 is 0 Å². The summed E-state index contributed by atoms with van der Waals surface area (Å²) in [7, 11) is 0. The van der Waals surface area contributed by atoms with Crippen molar-refractivity contribution in [3.8, 4) is 5.75 Å². The van der Waals surface area contributed by atoms with E-state index in [9.17, 15) is 9.90 Å². The van der Waals surface area contributed by atoms with Crippen LogP contribution in [0, 0.1) is 0 Å². The zero-order valence-electron chi connectivity index (χ0n) is 19.7. The molecule has 0 radical (unpaired) electrons. The monoisotopic (exact) mass is 422 g/mol. The Morgan fingerprint density at radius 1 is 0.897 bits per heavy atom. The maximum Gasteiger partial charge on any atom is 0.302 e. The van der Waals surface area contributed by atoms with Crippen LogP contribution in [0.15, 0.2) is 12.1 Å². The van der Waals surface area contributed by atoms with Gasteiger partial charge in [0.2, 0.25) is 0 Å². The van der Waals surface area contributed by atoms with Crippen LogP contribution >= 0.6 is 11.8 Å². The summed E-state index contributed by atoms with van der Waals surface area (Å²) >= 11 is 1.99. The van der Waals surface area contributed by atoms with Crippen molar-refractivity contribution in [1.29, 1.82) is 0 Å². The topological polar surface area (TPSA) is 46.5 Å². The molecule has 3 nitrogen and oxygen atoms in total. The second-order valence-electron chi connectivity index (χ2n) is 10.1. The van der Waals surface area contributed by atoms with Crippen LogP contribution in [0.5, 0.6) is 5.75 Å². The average Bonchev–Trinajstić information content (AvgIpc) is 2.58. The van der Waals surface area contributed by atoms with Crippen LogP contribution in [0.2, 0.25) is 0 Å². The third-order valence-electron chi connectivity index (χ3n) is 5.04. The molecule has 0 aliphatic rings. The number of hydrogen-bond donors (Lipinski definition) is 1. The minimum absolute atomic E-state index is 0.0692. The number of rotatable bonds is 11. The Kier molecular flexibility index (Phi) is 10.6. The molecule has 0 aromatic heterocycles. The van der Waals surface area contributed by atoms with Gasteiger partial charge in [0.15, 0.2) is 0 Å². The van der Waals surface area contributed by atoms with Gasteiger partial charge in [0.05, 0.1) is 6.61 Å². The fraction of sp³-hybridized carbons (Fsp3) is 0.720. The molecule has 29 heavy (non-hydrogen) atoms. The van der Waals surface area contributed by atoms with Gasteiger partial charge in [-0.1, -0.05) is 79.4 Å². The molecule has 4 heteroatoms. The number of carbonyl (C=O) groups is 1. The van der Waals surface area contributed by atoms with Crippen LogP contribution in [0.4, 0.5) is 0 Å². The largest absolute Gasteiger partial charge is 0.507 e. The lowest BCUT2D eigenvalue weighted by Gasteiger charge is -2.28. The SMILES string of the molecule is CC(=O)OCCCCCCCCSCc1cc(C(C)(C)C)c(O)c(C(C)(C)C)c1. The first-order chi connectivity index (χ1) is 13.4. The Morgan fingerprint density at radius 3 is 1.86 bits per heavy atom. The zero-order chi connectivity index (χ0) is 22.1. The number of benzene rings is 1. The highest BCUT2D eigenvalue weighted by Crippen LogP contribution is 2.40. The van der Waals surface area contributed by atoms with E-state index in [0.29, 0.717) is 12.4 Å². The van der Waals surface area contributed by atoms with Gasteiger partial charge in [-0.2, -0.15) is 11.8 Å². The molecule has 0 atom stereocenters. The molecule has 1 rings (SSSR count). The van der Waals surface area contributed by atoms with E-state index < -0.39 is 0 Å². The third-order valence-corrected chi connectivity index (χ3v) is 6.16. The molecular formula is C25H42O3S. The molecule has 0 aliphatic carbocycles. The van der Waals surface area contributed by atoms with Gasteiger partial charge in [-0.15, -0.1) is 0 Å². The van der Waals surface area contributed by atoms with E-state index in [1.54, 1.807) is 0 Å². The lowest BCUT2D eigenvalue weighted by atomic mass is 9.78. The quantitative estimate of drug-likeness (QED) is 0.304. The van der Waals surface area contributed by atoms with Crippen molar-refractivity contribution in [2.45, 2.75) is 104 Å². The van der Waals surface area contributed by atoms with Gasteiger partial charge < -0.3 is 9.84 Å². The standard InChI is InChI=1S/C25H42O3S/c1-19(26)28-14-12-10-8-9-11-13-15-29-18-20-16-21(24(2,3)4)23(27)22(17-20)25(5,6)7/h16-17,27H,8-15,18H2,1-7H3. The highest BCUT2D eigenvalue weighted by molar-refractivity contribution is 7.98. The van der Waals surface area contributed by atoms with Crippen molar-refractivity contribution < 1.29 is 14.6 Å². The van der Waals surface area contributed by atoms with Crippen molar-refractivity contribution in [3.63, 3.8) is 0 Å². The molecule has 1 N–H and O–H groups in total. The predicted molar refractivity (Wildman–Crippen MR) is 126 cm³/mol. The highest BCUT2D eigenvalue weighted by atomic mass is 32.2.